The van der Waals surface area contributed by atoms with Crippen LogP contribution in [0.4, 0.5) is 0 Å². The maximum absolute atomic E-state index is 11.4. The van der Waals surface area contributed by atoms with Crippen LogP contribution in [-0.2, 0) is 0 Å². The van der Waals surface area contributed by atoms with Crippen molar-refractivity contribution in [3.8, 4) is 0 Å². The van der Waals surface area contributed by atoms with Crippen molar-refractivity contribution in [2.24, 2.45) is 0 Å². The first kappa shape index (κ1) is 9.85. The fourth-order valence-electron chi connectivity index (χ4n) is 0.716. The molecule has 0 aliphatic carbocycles. The molecule has 4 nitrogen and oxygen atoms in total. The number of carbonyl (C=O) groups excluding carboxylic acids is 1. The predicted octanol–water partition coefficient (Wildman–Crippen LogP) is 1.15. The maximum Gasteiger partial charge on any atom is 0.282 e. The monoisotopic (exact) mass is 197 g/mol. The lowest BCUT2D eigenvalue weighted by Crippen LogP contribution is -2.30. The molecule has 0 aliphatic heterocycles. The Morgan fingerprint density at radius 3 is 2.85 bits per heavy atom. The van der Waals surface area contributed by atoms with Crippen LogP contribution in [-0.4, -0.2) is 22.1 Å². The molecule has 5 heteroatoms. The second kappa shape index (κ2) is 4.13. The molecule has 0 saturated heterocycles. The standard InChI is InChI=1S/C8H11N3OS/c1-4-5(2)9-7(12)8-11-10-6(3)13-8/h4-5H,1H2,2-3H3,(H,9,12). The summed E-state index contributed by atoms with van der Waals surface area (Å²) in [6.45, 7) is 7.22. The Morgan fingerprint density at radius 2 is 2.38 bits per heavy atom. The van der Waals surface area contributed by atoms with Crippen LogP contribution in [0.2, 0.25) is 0 Å². The predicted molar refractivity (Wildman–Crippen MR) is 51.8 cm³/mol. The van der Waals surface area contributed by atoms with Crippen molar-refractivity contribution in [1.82, 2.24) is 15.5 Å². The average Bonchev–Trinajstić information content (AvgIpc) is 2.51. The van der Waals surface area contributed by atoms with Crippen molar-refractivity contribution < 1.29 is 4.79 Å². The summed E-state index contributed by atoms with van der Waals surface area (Å²) in [6, 6.07) is -0.0447. The van der Waals surface area contributed by atoms with Gasteiger partial charge in [0, 0.05) is 6.04 Å². The molecule has 1 rings (SSSR count). The number of aryl methyl sites for hydroxylation is 1. The highest BCUT2D eigenvalue weighted by Crippen LogP contribution is 2.07. The van der Waals surface area contributed by atoms with Gasteiger partial charge in [-0.2, -0.15) is 0 Å². The fourth-order valence-corrected chi connectivity index (χ4v) is 1.31. The summed E-state index contributed by atoms with van der Waals surface area (Å²) < 4.78 is 0. The Bertz CT molecular complexity index is 321. The van der Waals surface area contributed by atoms with Gasteiger partial charge in [-0.3, -0.25) is 4.79 Å². The quantitative estimate of drug-likeness (QED) is 0.739. The van der Waals surface area contributed by atoms with E-state index in [-0.39, 0.29) is 11.9 Å². The average molecular weight is 197 g/mol. The van der Waals surface area contributed by atoms with Crippen LogP contribution in [0.25, 0.3) is 0 Å². The summed E-state index contributed by atoms with van der Waals surface area (Å²) in [5.41, 5.74) is 0. The highest BCUT2D eigenvalue weighted by Gasteiger charge is 2.11. The van der Waals surface area contributed by atoms with Gasteiger partial charge in [-0.1, -0.05) is 17.4 Å². The summed E-state index contributed by atoms with van der Waals surface area (Å²) in [6.07, 6.45) is 1.66. The Kier molecular flexibility index (Phi) is 3.13. The lowest BCUT2D eigenvalue weighted by atomic mass is 10.3. The summed E-state index contributed by atoms with van der Waals surface area (Å²) in [5.74, 6) is -0.196. The van der Waals surface area contributed by atoms with Gasteiger partial charge in [-0.05, 0) is 13.8 Å². The molecule has 1 atom stereocenters. The van der Waals surface area contributed by atoms with E-state index in [0.29, 0.717) is 5.01 Å². The van der Waals surface area contributed by atoms with E-state index in [1.165, 1.54) is 11.3 Å². The molecule has 0 radical (unpaired) electrons. The number of aromatic nitrogens is 2. The number of carbonyl (C=O) groups is 1. The van der Waals surface area contributed by atoms with E-state index < -0.39 is 0 Å². The molecular weight excluding hydrogens is 186 g/mol. The summed E-state index contributed by atoms with van der Waals surface area (Å²) in [4.78, 5) is 11.4. The molecule has 0 aliphatic rings. The van der Waals surface area contributed by atoms with Gasteiger partial charge in [0.15, 0.2) is 0 Å². The molecule has 0 fully saturated rings. The van der Waals surface area contributed by atoms with Gasteiger partial charge in [0.1, 0.15) is 5.01 Å². The van der Waals surface area contributed by atoms with Gasteiger partial charge >= 0.3 is 0 Å². The summed E-state index contributed by atoms with van der Waals surface area (Å²) in [5, 5.41) is 11.4. The Labute approximate surface area is 80.7 Å². The minimum absolute atomic E-state index is 0.0447. The Morgan fingerprint density at radius 1 is 1.69 bits per heavy atom. The first-order chi connectivity index (χ1) is 6.13. The zero-order valence-electron chi connectivity index (χ0n) is 7.57. The molecule has 1 aromatic rings. The van der Waals surface area contributed by atoms with Crippen molar-refractivity contribution in [3.63, 3.8) is 0 Å². The second-order valence-corrected chi connectivity index (χ2v) is 3.81. The van der Waals surface area contributed by atoms with E-state index in [1.807, 2.05) is 13.8 Å². The molecular formula is C8H11N3OS. The molecule has 1 unspecified atom stereocenters. The first-order valence-electron chi connectivity index (χ1n) is 3.87. The molecule has 1 amide bonds. The normalized spacial score (nSPS) is 12.2. The molecule has 0 saturated carbocycles. The highest BCUT2D eigenvalue weighted by atomic mass is 32.1. The molecule has 13 heavy (non-hydrogen) atoms. The maximum atomic E-state index is 11.4. The van der Waals surface area contributed by atoms with Gasteiger partial charge < -0.3 is 5.32 Å². The van der Waals surface area contributed by atoms with Crippen LogP contribution in [0, 0.1) is 6.92 Å². The number of hydrogen-bond donors (Lipinski definition) is 1. The van der Waals surface area contributed by atoms with Crippen LogP contribution in [0.5, 0.6) is 0 Å². The van der Waals surface area contributed by atoms with Crippen molar-refractivity contribution in [2.75, 3.05) is 0 Å². The Balaban J connectivity index is 2.63. The van der Waals surface area contributed by atoms with E-state index in [4.69, 9.17) is 0 Å². The van der Waals surface area contributed by atoms with Crippen molar-refractivity contribution in [3.05, 3.63) is 22.7 Å². The Hall–Kier alpha value is -1.23. The topological polar surface area (TPSA) is 54.9 Å². The van der Waals surface area contributed by atoms with Crippen molar-refractivity contribution >= 4 is 17.2 Å². The molecule has 0 bridgehead atoms. The van der Waals surface area contributed by atoms with Crippen molar-refractivity contribution in [1.29, 1.82) is 0 Å². The van der Waals surface area contributed by atoms with E-state index >= 15 is 0 Å². The van der Waals surface area contributed by atoms with Gasteiger partial charge in [-0.25, -0.2) is 0 Å². The lowest BCUT2D eigenvalue weighted by molar-refractivity contribution is 0.0946. The highest BCUT2D eigenvalue weighted by molar-refractivity contribution is 7.13. The minimum atomic E-state index is -0.196. The van der Waals surface area contributed by atoms with Gasteiger partial charge in [-0.15, -0.1) is 16.8 Å². The summed E-state index contributed by atoms with van der Waals surface area (Å²) in [7, 11) is 0. The SMILES string of the molecule is C=CC(C)NC(=O)c1nnc(C)s1. The van der Waals surface area contributed by atoms with Crippen LogP contribution in [0.1, 0.15) is 21.7 Å². The van der Waals surface area contributed by atoms with Crippen LogP contribution < -0.4 is 5.32 Å². The molecule has 1 heterocycles. The lowest BCUT2D eigenvalue weighted by Gasteiger charge is -2.05. The minimum Gasteiger partial charge on any atom is -0.344 e. The third kappa shape index (κ3) is 2.62. The largest absolute Gasteiger partial charge is 0.344 e. The number of amides is 1. The smallest absolute Gasteiger partial charge is 0.282 e. The van der Waals surface area contributed by atoms with Gasteiger partial charge in [0.05, 0.1) is 0 Å². The van der Waals surface area contributed by atoms with Crippen LogP contribution in [0.3, 0.4) is 0 Å². The number of rotatable bonds is 3. The van der Waals surface area contributed by atoms with E-state index in [9.17, 15) is 4.79 Å². The zero-order chi connectivity index (χ0) is 9.84. The molecule has 1 aromatic heterocycles. The third-order valence-electron chi connectivity index (χ3n) is 1.43. The molecule has 0 spiro atoms. The molecule has 0 aromatic carbocycles. The van der Waals surface area contributed by atoms with Crippen molar-refractivity contribution in [2.45, 2.75) is 19.9 Å². The zero-order valence-corrected chi connectivity index (χ0v) is 8.39. The van der Waals surface area contributed by atoms with E-state index in [1.54, 1.807) is 6.08 Å². The van der Waals surface area contributed by atoms with E-state index in [0.717, 1.165) is 5.01 Å². The van der Waals surface area contributed by atoms with E-state index in [2.05, 4.69) is 22.1 Å². The van der Waals surface area contributed by atoms with Crippen LogP contribution >= 0.6 is 11.3 Å². The summed E-state index contributed by atoms with van der Waals surface area (Å²) >= 11 is 1.28. The first-order valence-corrected chi connectivity index (χ1v) is 4.68. The fraction of sp³-hybridized carbons (Fsp3) is 0.375. The molecule has 70 valence electrons. The van der Waals surface area contributed by atoms with Gasteiger partial charge in [0.25, 0.3) is 5.91 Å². The number of nitrogens with one attached hydrogen (secondary N) is 1. The van der Waals surface area contributed by atoms with Crippen LogP contribution in [0.15, 0.2) is 12.7 Å². The third-order valence-corrected chi connectivity index (χ3v) is 2.27. The van der Waals surface area contributed by atoms with Gasteiger partial charge in [0.2, 0.25) is 5.01 Å². The molecule has 1 N–H and O–H groups in total. The number of nitrogens with zero attached hydrogens (tertiary/aromatic N) is 2. The second-order valence-electron chi connectivity index (χ2n) is 2.62. The number of hydrogen-bond acceptors (Lipinski definition) is 4.